The molecule has 2 aliphatic heterocycles. The first-order valence-corrected chi connectivity index (χ1v) is 11.0. The number of anilines is 4. The van der Waals surface area contributed by atoms with Gasteiger partial charge in [0.15, 0.2) is 11.6 Å². The minimum Gasteiger partial charge on any atom is -0.393 e. The van der Waals surface area contributed by atoms with Gasteiger partial charge in [-0.15, -0.1) is 0 Å². The molecule has 5 heteroatoms. The number of piperidine rings is 1. The average molecular weight is 400 g/mol. The van der Waals surface area contributed by atoms with Crippen molar-refractivity contribution in [1.29, 1.82) is 0 Å². The van der Waals surface area contributed by atoms with Crippen molar-refractivity contribution in [1.82, 2.24) is 9.97 Å². The Kier molecular flexibility index (Phi) is 5.26. The lowest BCUT2D eigenvalue weighted by atomic mass is 9.90. The number of aromatic nitrogens is 2. The minimum absolute atomic E-state index is 0.704. The zero-order chi connectivity index (χ0) is 20.3. The summed E-state index contributed by atoms with van der Waals surface area (Å²) in [4.78, 5) is 13.8. The van der Waals surface area contributed by atoms with Gasteiger partial charge in [0.05, 0.1) is 0 Å². The molecular formula is C25H29N5. The zero-order valence-corrected chi connectivity index (χ0v) is 17.4. The molecule has 5 nitrogen and oxygen atoms in total. The molecule has 2 N–H and O–H groups in total. The highest BCUT2D eigenvalue weighted by molar-refractivity contribution is 5.81. The average Bonchev–Trinajstić information content (AvgIpc) is 2.80. The first-order valence-electron chi connectivity index (χ1n) is 11.0. The Balaban J connectivity index is 1.33. The van der Waals surface area contributed by atoms with Gasteiger partial charge in [-0.05, 0) is 55.2 Å². The van der Waals surface area contributed by atoms with Crippen molar-refractivity contribution in [3.05, 3.63) is 72.1 Å². The topological polar surface area (TPSA) is 58.3 Å². The van der Waals surface area contributed by atoms with E-state index >= 15 is 0 Å². The molecule has 30 heavy (non-hydrogen) atoms. The van der Waals surface area contributed by atoms with Gasteiger partial charge in [-0.1, -0.05) is 48.5 Å². The molecule has 1 aromatic heterocycles. The first-order chi connectivity index (χ1) is 14.8. The van der Waals surface area contributed by atoms with Gasteiger partial charge in [0.1, 0.15) is 12.0 Å². The number of fused-ring (bicyclic) bond motifs is 1. The number of nitrogen functional groups attached to an aromatic ring is 1. The molecule has 1 fully saturated rings. The highest BCUT2D eigenvalue weighted by atomic mass is 15.3. The second-order valence-corrected chi connectivity index (χ2v) is 8.44. The normalized spacial score (nSPS) is 17.1. The molecule has 0 radical (unpaired) electrons. The Morgan fingerprint density at radius 1 is 0.867 bits per heavy atom. The summed E-state index contributed by atoms with van der Waals surface area (Å²) in [5.74, 6) is 2.46. The molecule has 2 aliphatic rings. The SMILES string of the molecule is Nc1c(N2CCC(Cc3ccccc3)CC2)ncnc1N1CCCc2ccccc21. The van der Waals surface area contributed by atoms with Crippen molar-refractivity contribution < 1.29 is 0 Å². The van der Waals surface area contributed by atoms with E-state index in [1.807, 2.05) is 0 Å². The Bertz CT molecular complexity index is 995. The highest BCUT2D eigenvalue weighted by Crippen LogP contribution is 2.38. The Morgan fingerprint density at radius 3 is 2.43 bits per heavy atom. The van der Waals surface area contributed by atoms with Crippen LogP contribution in [0.3, 0.4) is 0 Å². The first kappa shape index (κ1) is 18.9. The van der Waals surface area contributed by atoms with Crippen molar-refractivity contribution in [2.75, 3.05) is 35.2 Å². The molecule has 0 amide bonds. The maximum absolute atomic E-state index is 6.65. The van der Waals surface area contributed by atoms with E-state index in [9.17, 15) is 0 Å². The van der Waals surface area contributed by atoms with Crippen molar-refractivity contribution in [3.63, 3.8) is 0 Å². The zero-order valence-electron chi connectivity index (χ0n) is 17.4. The maximum atomic E-state index is 6.65. The molecule has 3 heterocycles. The molecule has 0 unspecified atom stereocenters. The van der Waals surface area contributed by atoms with E-state index in [0.717, 1.165) is 56.5 Å². The Labute approximate surface area is 178 Å². The van der Waals surface area contributed by atoms with Gasteiger partial charge in [-0.25, -0.2) is 9.97 Å². The lowest BCUT2D eigenvalue weighted by Crippen LogP contribution is -2.36. The van der Waals surface area contributed by atoms with E-state index in [1.165, 1.54) is 29.7 Å². The van der Waals surface area contributed by atoms with Gasteiger partial charge in [0, 0.05) is 25.3 Å². The van der Waals surface area contributed by atoms with E-state index in [2.05, 4.69) is 74.4 Å². The number of rotatable bonds is 4. The number of nitrogens with two attached hydrogens (primary N) is 1. The second-order valence-electron chi connectivity index (χ2n) is 8.44. The number of hydrogen-bond donors (Lipinski definition) is 1. The van der Waals surface area contributed by atoms with E-state index in [4.69, 9.17) is 5.73 Å². The van der Waals surface area contributed by atoms with E-state index in [0.29, 0.717) is 5.69 Å². The molecule has 2 aromatic carbocycles. The molecule has 0 bridgehead atoms. The number of aryl methyl sites for hydroxylation is 1. The molecule has 3 aromatic rings. The summed E-state index contributed by atoms with van der Waals surface area (Å²) in [5.41, 5.74) is 11.4. The molecule has 0 spiro atoms. The van der Waals surface area contributed by atoms with E-state index in [-0.39, 0.29) is 0 Å². The third-order valence-electron chi connectivity index (χ3n) is 6.49. The predicted octanol–water partition coefficient (Wildman–Crippen LogP) is 4.60. The van der Waals surface area contributed by atoms with Crippen LogP contribution in [0.1, 0.15) is 30.4 Å². The van der Waals surface area contributed by atoms with Gasteiger partial charge >= 0.3 is 0 Å². The van der Waals surface area contributed by atoms with E-state index in [1.54, 1.807) is 6.33 Å². The molecule has 0 atom stereocenters. The molecule has 0 saturated carbocycles. The van der Waals surface area contributed by atoms with Crippen LogP contribution in [0.25, 0.3) is 0 Å². The van der Waals surface area contributed by atoms with Crippen LogP contribution in [0.2, 0.25) is 0 Å². The van der Waals surface area contributed by atoms with Crippen LogP contribution in [-0.2, 0) is 12.8 Å². The molecule has 1 saturated heterocycles. The predicted molar refractivity (Wildman–Crippen MR) is 123 cm³/mol. The van der Waals surface area contributed by atoms with Gasteiger partial charge in [0.25, 0.3) is 0 Å². The van der Waals surface area contributed by atoms with Crippen LogP contribution >= 0.6 is 0 Å². The van der Waals surface area contributed by atoms with Crippen LogP contribution in [0.5, 0.6) is 0 Å². The summed E-state index contributed by atoms with van der Waals surface area (Å²) in [5, 5.41) is 0. The second kappa shape index (κ2) is 8.34. The molecule has 154 valence electrons. The molecule has 5 rings (SSSR count). The summed E-state index contributed by atoms with van der Waals surface area (Å²) in [6.45, 7) is 2.93. The van der Waals surface area contributed by atoms with Crippen molar-refractivity contribution >= 4 is 23.0 Å². The Hall–Kier alpha value is -3.08. The third kappa shape index (κ3) is 3.72. The maximum Gasteiger partial charge on any atom is 0.161 e. The van der Waals surface area contributed by atoms with Crippen LogP contribution < -0.4 is 15.5 Å². The van der Waals surface area contributed by atoms with Crippen LogP contribution in [0, 0.1) is 5.92 Å². The van der Waals surface area contributed by atoms with Crippen molar-refractivity contribution in [3.8, 4) is 0 Å². The minimum atomic E-state index is 0.704. The van der Waals surface area contributed by atoms with Crippen LogP contribution in [0.4, 0.5) is 23.0 Å². The number of benzene rings is 2. The quantitative estimate of drug-likeness (QED) is 0.695. The lowest BCUT2D eigenvalue weighted by molar-refractivity contribution is 0.402. The van der Waals surface area contributed by atoms with E-state index < -0.39 is 0 Å². The highest BCUT2D eigenvalue weighted by Gasteiger charge is 2.26. The van der Waals surface area contributed by atoms with Gasteiger partial charge in [0.2, 0.25) is 0 Å². The molecule has 0 aliphatic carbocycles. The lowest BCUT2D eigenvalue weighted by Gasteiger charge is -2.35. The molecular weight excluding hydrogens is 370 g/mol. The monoisotopic (exact) mass is 399 g/mol. The van der Waals surface area contributed by atoms with Crippen molar-refractivity contribution in [2.24, 2.45) is 5.92 Å². The Morgan fingerprint density at radius 2 is 1.60 bits per heavy atom. The standard InChI is InChI=1S/C25H29N5/c26-23-24(29-15-12-20(13-16-29)17-19-7-2-1-3-8-19)27-18-28-25(23)30-14-6-10-21-9-4-5-11-22(21)30/h1-5,7-9,11,18,20H,6,10,12-17,26H2. The van der Waals surface area contributed by atoms with Gasteiger partial charge < -0.3 is 15.5 Å². The number of hydrogen-bond acceptors (Lipinski definition) is 5. The van der Waals surface area contributed by atoms with Gasteiger partial charge in [-0.3, -0.25) is 0 Å². The largest absolute Gasteiger partial charge is 0.393 e. The number of para-hydroxylation sites is 1. The number of nitrogens with zero attached hydrogens (tertiary/aromatic N) is 4. The van der Waals surface area contributed by atoms with Crippen LogP contribution in [0.15, 0.2) is 60.9 Å². The fourth-order valence-corrected chi connectivity index (χ4v) is 4.89. The third-order valence-corrected chi connectivity index (χ3v) is 6.49. The summed E-state index contributed by atoms with van der Waals surface area (Å²) >= 11 is 0. The fraction of sp³-hybridized carbons (Fsp3) is 0.360. The van der Waals surface area contributed by atoms with Crippen LogP contribution in [-0.4, -0.2) is 29.6 Å². The summed E-state index contributed by atoms with van der Waals surface area (Å²) in [6.07, 6.45) is 7.39. The van der Waals surface area contributed by atoms with Gasteiger partial charge in [-0.2, -0.15) is 0 Å². The smallest absolute Gasteiger partial charge is 0.161 e. The summed E-state index contributed by atoms with van der Waals surface area (Å²) in [6, 6.07) is 19.4. The fourth-order valence-electron chi connectivity index (χ4n) is 4.89. The van der Waals surface area contributed by atoms with Crippen molar-refractivity contribution in [2.45, 2.75) is 32.1 Å². The summed E-state index contributed by atoms with van der Waals surface area (Å²) in [7, 11) is 0. The summed E-state index contributed by atoms with van der Waals surface area (Å²) < 4.78 is 0.